The molecule has 0 radical (unpaired) electrons. The molecule has 114 valence electrons. The summed E-state index contributed by atoms with van der Waals surface area (Å²) in [5.74, 6) is 0.123. The maximum Gasteiger partial charge on any atom is 0.269 e. The van der Waals surface area contributed by atoms with Crippen LogP contribution in [0.4, 0.5) is 4.39 Å². The smallest absolute Gasteiger partial charge is 0.269 e. The van der Waals surface area contributed by atoms with Gasteiger partial charge in [0.25, 0.3) is 5.91 Å². The van der Waals surface area contributed by atoms with Gasteiger partial charge in [-0.2, -0.15) is 0 Å². The fraction of sp³-hybridized carbons (Fsp3) is 0.333. The van der Waals surface area contributed by atoms with Crippen LogP contribution in [0.25, 0.3) is 11.4 Å². The van der Waals surface area contributed by atoms with Crippen LogP contribution in [-0.4, -0.2) is 15.5 Å². The summed E-state index contributed by atoms with van der Waals surface area (Å²) in [5, 5.41) is 0. The van der Waals surface area contributed by atoms with E-state index in [-0.39, 0.29) is 24.1 Å². The number of imidazole rings is 1. The molecule has 22 heavy (non-hydrogen) atoms. The predicted octanol–water partition coefficient (Wildman–Crippen LogP) is 2.44. The van der Waals surface area contributed by atoms with Crippen LogP contribution in [0.15, 0.2) is 16.6 Å². The normalized spacial score (nSPS) is 21.6. The molecule has 0 spiro atoms. The van der Waals surface area contributed by atoms with E-state index in [9.17, 15) is 9.18 Å². The summed E-state index contributed by atoms with van der Waals surface area (Å²) < 4.78 is 16.3. The molecule has 7 heteroatoms. The second-order valence-corrected chi connectivity index (χ2v) is 6.70. The highest BCUT2D eigenvalue weighted by molar-refractivity contribution is 9.10. The Labute approximate surface area is 134 Å². The lowest BCUT2D eigenvalue weighted by molar-refractivity contribution is 0.0994. The zero-order chi connectivity index (χ0) is 15.6. The molecule has 1 aromatic heterocycles. The van der Waals surface area contributed by atoms with Gasteiger partial charge in [-0.25, -0.2) is 9.37 Å². The Balaban J connectivity index is 2.05. The third-order valence-electron chi connectivity index (χ3n) is 4.69. The van der Waals surface area contributed by atoms with E-state index in [2.05, 4.69) is 20.9 Å². The van der Waals surface area contributed by atoms with Crippen molar-refractivity contribution in [1.82, 2.24) is 9.55 Å². The summed E-state index contributed by atoms with van der Waals surface area (Å²) in [6.45, 7) is 0.199. The van der Waals surface area contributed by atoms with Crippen molar-refractivity contribution >= 4 is 21.8 Å². The Morgan fingerprint density at radius 2 is 2.18 bits per heavy atom. The molecule has 1 saturated carbocycles. The highest BCUT2D eigenvalue weighted by atomic mass is 79.9. The highest BCUT2D eigenvalue weighted by Crippen LogP contribution is 2.53. The molecule has 2 aliphatic heterocycles. The number of rotatable bonds is 2. The molecule has 2 bridgehead atoms. The summed E-state index contributed by atoms with van der Waals surface area (Å²) in [7, 11) is 0. The molecule has 1 aliphatic carbocycles. The summed E-state index contributed by atoms with van der Waals surface area (Å²) in [5.41, 5.74) is 13.9. The molecule has 0 unspecified atom stereocenters. The van der Waals surface area contributed by atoms with Gasteiger partial charge in [0.2, 0.25) is 0 Å². The minimum absolute atomic E-state index is 0.199. The van der Waals surface area contributed by atoms with Crippen LogP contribution >= 0.6 is 15.9 Å². The van der Waals surface area contributed by atoms with E-state index < -0.39 is 5.91 Å². The number of amides is 1. The van der Waals surface area contributed by atoms with Crippen LogP contribution in [0.3, 0.4) is 0 Å². The fourth-order valence-corrected chi connectivity index (χ4v) is 3.93. The highest BCUT2D eigenvalue weighted by Gasteiger charge is 2.41. The van der Waals surface area contributed by atoms with E-state index in [0.29, 0.717) is 21.9 Å². The van der Waals surface area contributed by atoms with E-state index in [1.54, 1.807) is 12.1 Å². The average molecular weight is 365 g/mol. The number of aromatic nitrogens is 2. The number of benzene rings is 1. The molecular weight excluding hydrogens is 351 g/mol. The molecule has 5 rings (SSSR count). The van der Waals surface area contributed by atoms with Crippen LogP contribution in [0.5, 0.6) is 0 Å². The third-order valence-corrected chi connectivity index (χ3v) is 5.30. The van der Waals surface area contributed by atoms with Gasteiger partial charge in [-0.05, 0) is 52.4 Å². The molecular formula is C15H14BrFN4O. The van der Waals surface area contributed by atoms with Crippen molar-refractivity contribution in [3.8, 4) is 11.4 Å². The first-order chi connectivity index (χ1) is 10.5. The van der Waals surface area contributed by atoms with Crippen LogP contribution < -0.4 is 11.5 Å². The number of nitrogens with two attached hydrogens (primary N) is 2. The summed E-state index contributed by atoms with van der Waals surface area (Å²) in [6, 6.07) is 3.54. The topological polar surface area (TPSA) is 86.9 Å². The standard InChI is InChI=1S/C15H14BrFN4O/c16-10-3-9-8(4-11(10)17)6-1-7(2-6)21-12(5-18)13(14(19)22)20-15(9)21/h3-4,6-7H,1-2,5,18H2,(H2,19,22). The number of hydrogen-bond acceptors (Lipinski definition) is 3. The molecule has 1 amide bonds. The van der Waals surface area contributed by atoms with Gasteiger partial charge in [-0.15, -0.1) is 0 Å². The van der Waals surface area contributed by atoms with Gasteiger partial charge in [0.05, 0.1) is 10.2 Å². The number of hydrogen-bond donors (Lipinski definition) is 2. The van der Waals surface area contributed by atoms with E-state index in [0.717, 1.165) is 24.0 Å². The van der Waals surface area contributed by atoms with Crippen molar-refractivity contribution in [3.63, 3.8) is 0 Å². The molecule has 2 aromatic rings. The van der Waals surface area contributed by atoms with Crippen molar-refractivity contribution in [2.45, 2.75) is 31.3 Å². The molecule has 1 aromatic carbocycles. The third kappa shape index (κ3) is 1.72. The first kappa shape index (κ1) is 13.9. The van der Waals surface area contributed by atoms with E-state index >= 15 is 0 Å². The average Bonchev–Trinajstić information content (AvgIpc) is 2.69. The molecule has 4 N–H and O–H groups in total. The van der Waals surface area contributed by atoms with Crippen LogP contribution in [0.2, 0.25) is 0 Å². The largest absolute Gasteiger partial charge is 0.364 e. The molecule has 3 heterocycles. The quantitative estimate of drug-likeness (QED) is 0.857. The number of carbonyl (C=O) groups excluding carboxylic acids is 1. The summed E-state index contributed by atoms with van der Waals surface area (Å²) in [4.78, 5) is 16.1. The molecule has 0 saturated heterocycles. The summed E-state index contributed by atoms with van der Waals surface area (Å²) >= 11 is 3.23. The van der Waals surface area contributed by atoms with Crippen molar-refractivity contribution in [2.24, 2.45) is 11.5 Å². The lowest BCUT2D eigenvalue weighted by Gasteiger charge is -2.35. The Bertz CT molecular complexity index is 810. The maximum atomic E-state index is 13.9. The van der Waals surface area contributed by atoms with E-state index in [1.807, 2.05) is 4.57 Å². The second kappa shape index (κ2) is 4.63. The molecule has 5 nitrogen and oxygen atoms in total. The van der Waals surface area contributed by atoms with Crippen molar-refractivity contribution in [1.29, 1.82) is 0 Å². The van der Waals surface area contributed by atoms with Gasteiger partial charge >= 0.3 is 0 Å². The number of carbonyl (C=O) groups is 1. The Hall–Kier alpha value is -1.73. The van der Waals surface area contributed by atoms with E-state index in [4.69, 9.17) is 11.5 Å². The zero-order valence-corrected chi connectivity index (χ0v) is 13.2. The van der Waals surface area contributed by atoms with Gasteiger partial charge in [-0.3, -0.25) is 4.79 Å². The van der Waals surface area contributed by atoms with Gasteiger partial charge in [-0.1, -0.05) is 0 Å². The minimum atomic E-state index is -0.584. The monoisotopic (exact) mass is 364 g/mol. The first-order valence-electron chi connectivity index (χ1n) is 7.11. The zero-order valence-electron chi connectivity index (χ0n) is 11.6. The Morgan fingerprint density at radius 1 is 1.45 bits per heavy atom. The van der Waals surface area contributed by atoms with Gasteiger partial charge < -0.3 is 16.0 Å². The Morgan fingerprint density at radius 3 is 2.82 bits per heavy atom. The predicted molar refractivity (Wildman–Crippen MR) is 82.7 cm³/mol. The van der Waals surface area contributed by atoms with Gasteiger partial charge in [0, 0.05) is 18.2 Å². The lowest BCUT2D eigenvalue weighted by atomic mass is 9.75. The van der Waals surface area contributed by atoms with E-state index in [1.165, 1.54) is 0 Å². The Kier molecular flexibility index (Phi) is 2.93. The fourth-order valence-electron chi connectivity index (χ4n) is 3.59. The first-order valence-corrected chi connectivity index (χ1v) is 7.90. The van der Waals surface area contributed by atoms with Crippen molar-refractivity contribution in [2.75, 3.05) is 0 Å². The van der Waals surface area contributed by atoms with Crippen molar-refractivity contribution in [3.05, 3.63) is 39.4 Å². The maximum absolute atomic E-state index is 13.9. The lowest BCUT2D eigenvalue weighted by Crippen LogP contribution is -2.26. The minimum Gasteiger partial charge on any atom is -0.364 e. The van der Waals surface area contributed by atoms with Gasteiger partial charge in [0.1, 0.15) is 11.6 Å². The summed E-state index contributed by atoms with van der Waals surface area (Å²) in [6.07, 6.45) is 1.81. The number of nitrogens with zero attached hydrogens (tertiary/aromatic N) is 2. The van der Waals surface area contributed by atoms with Crippen molar-refractivity contribution < 1.29 is 9.18 Å². The van der Waals surface area contributed by atoms with Crippen LogP contribution in [0, 0.1) is 5.82 Å². The van der Waals surface area contributed by atoms with Gasteiger partial charge in [0.15, 0.2) is 5.69 Å². The number of halogens is 2. The molecule has 0 atom stereocenters. The molecule has 3 aliphatic rings. The number of primary amides is 1. The van der Waals surface area contributed by atoms with Crippen LogP contribution in [-0.2, 0) is 6.54 Å². The second-order valence-electron chi connectivity index (χ2n) is 5.84. The molecule has 1 fully saturated rings. The SMILES string of the molecule is NCc1c(C(N)=O)nc2n1C1CC(C1)c1cc(F)c(Br)cc1-2. The van der Waals surface area contributed by atoms with Crippen LogP contribution in [0.1, 0.15) is 46.5 Å².